The van der Waals surface area contributed by atoms with Crippen molar-refractivity contribution in [2.75, 3.05) is 39.5 Å². The van der Waals surface area contributed by atoms with Crippen LogP contribution in [0.25, 0.3) is 0 Å². The lowest BCUT2D eigenvalue weighted by Crippen LogP contribution is -2.44. The van der Waals surface area contributed by atoms with E-state index in [1.165, 1.54) is 32.1 Å². The van der Waals surface area contributed by atoms with Gasteiger partial charge in [0.2, 0.25) is 0 Å². The molecule has 1 saturated heterocycles. The molecular weight excluding hydrogens is 270 g/mol. The van der Waals surface area contributed by atoms with Gasteiger partial charge in [0, 0.05) is 32.7 Å². The molecule has 21 heavy (non-hydrogen) atoms. The van der Waals surface area contributed by atoms with Crippen LogP contribution in [0, 0.1) is 0 Å². The van der Waals surface area contributed by atoms with Crippen molar-refractivity contribution in [1.82, 2.24) is 5.32 Å². The predicted molar refractivity (Wildman–Crippen MR) is 83.5 cm³/mol. The number of aliphatic hydroxyl groups excluding tert-OH is 1. The maximum atomic E-state index is 10.0. The van der Waals surface area contributed by atoms with Crippen molar-refractivity contribution in [3.8, 4) is 0 Å². The summed E-state index contributed by atoms with van der Waals surface area (Å²) in [6, 6.07) is 0. The van der Waals surface area contributed by atoms with E-state index < -0.39 is 11.7 Å². The molecule has 0 bridgehead atoms. The van der Waals surface area contributed by atoms with Crippen LogP contribution in [-0.4, -0.2) is 61.4 Å². The van der Waals surface area contributed by atoms with Crippen LogP contribution in [0.15, 0.2) is 0 Å². The summed E-state index contributed by atoms with van der Waals surface area (Å²) >= 11 is 0. The number of hydrogen-bond donors (Lipinski definition) is 3. The third kappa shape index (κ3) is 9.42. The lowest BCUT2D eigenvalue weighted by Gasteiger charge is -2.21. The molecule has 0 saturated carbocycles. The third-order valence-electron chi connectivity index (χ3n) is 3.87. The van der Waals surface area contributed by atoms with Crippen molar-refractivity contribution in [2.45, 2.75) is 63.6 Å². The number of nitrogens with one attached hydrogen (secondary N) is 1. The monoisotopic (exact) mass is 303 g/mol. The lowest BCUT2D eigenvalue weighted by molar-refractivity contribution is 0.0138. The molecule has 1 aliphatic rings. The smallest absolute Gasteiger partial charge is 0.102 e. The van der Waals surface area contributed by atoms with Crippen molar-refractivity contribution in [3.05, 3.63) is 0 Å². The van der Waals surface area contributed by atoms with Crippen LogP contribution in [0.4, 0.5) is 0 Å². The first-order valence-electron chi connectivity index (χ1n) is 8.43. The van der Waals surface area contributed by atoms with Crippen molar-refractivity contribution in [2.24, 2.45) is 0 Å². The van der Waals surface area contributed by atoms with Crippen LogP contribution in [0.3, 0.4) is 0 Å². The summed E-state index contributed by atoms with van der Waals surface area (Å²) in [5, 5.41) is 22.9. The molecule has 5 nitrogen and oxygen atoms in total. The Bertz CT molecular complexity index is 244. The van der Waals surface area contributed by atoms with Crippen molar-refractivity contribution >= 4 is 0 Å². The van der Waals surface area contributed by atoms with Crippen LogP contribution >= 0.6 is 0 Å². The number of ether oxygens (including phenoxy) is 2. The summed E-state index contributed by atoms with van der Waals surface area (Å²) in [5.74, 6) is 0. The number of rotatable bonds is 13. The van der Waals surface area contributed by atoms with Gasteiger partial charge < -0.3 is 25.0 Å². The summed E-state index contributed by atoms with van der Waals surface area (Å²) in [5.41, 5.74) is -0.765. The van der Waals surface area contributed by atoms with E-state index in [0.29, 0.717) is 39.3 Å². The highest BCUT2D eigenvalue weighted by Gasteiger charge is 2.31. The van der Waals surface area contributed by atoms with E-state index in [0.717, 1.165) is 13.0 Å². The van der Waals surface area contributed by atoms with Crippen LogP contribution < -0.4 is 5.32 Å². The van der Waals surface area contributed by atoms with Gasteiger partial charge in [0.25, 0.3) is 0 Å². The minimum atomic E-state index is -0.765. The molecule has 0 radical (unpaired) electrons. The standard InChI is InChI=1S/C16H33NO4/c1-2-3-4-5-6-7-9-20-12-15(18)11-17-13-16(19)8-10-21-14-16/h15,17-19H,2-14H2,1H3. The van der Waals surface area contributed by atoms with Gasteiger partial charge in [-0.05, 0) is 6.42 Å². The quantitative estimate of drug-likeness (QED) is 0.449. The van der Waals surface area contributed by atoms with Crippen LogP contribution in [-0.2, 0) is 9.47 Å². The highest BCUT2D eigenvalue weighted by molar-refractivity contribution is 4.85. The number of hydrogen-bond acceptors (Lipinski definition) is 5. The molecule has 126 valence electrons. The molecule has 3 N–H and O–H groups in total. The fraction of sp³-hybridized carbons (Fsp3) is 1.00. The van der Waals surface area contributed by atoms with Gasteiger partial charge in [-0.25, -0.2) is 0 Å². The molecule has 2 unspecified atom stereocenters. The van der Waals surface area contributed by atoms with Crippen LogP contribution in [0.1, 0.15) is 51.9 Å². The van der Waals surface area contributed by atoms with Crippen molar-refractivity contribution < 1.29 is 19.7 Å². The van der Waals surface area contributed by atoms with Gasteiger partial charge in [-0.15, -0.1) is 0 Å². The van der Waals surface area contributed by atoms with Gasteiger partial charge >= 0.3 is 0 Å². The second-order valence-electron chi connectivity index (χ2n) is 6.15. The average Bonchev–Trinajstić information content (AvgIpc) is 2.89. The zero-order chi connectivity index (χ0) is 15.4. The highest BCUT2D eigenvalue weighted by Crippen LogP contribution is 2.16. The molecule has 2 atom stereocenters. The second kappa shape index (κ2) is 11.4. The topological polar surface area (TPSA) is 71.0 Å². The van der Waals surface area contributed by atoms with Gasteiger partial charge in [0.05, 0.1) is 19.3 Å². The zero-order valence-corrected chi connectivity index (χ0v) is 13.5. The highest BCUT2D eigenvalue weighted by atomic mass is 16.5. The summed E-state index contributed by atoms with van der Waals surface area (Å²) in [6.07, 6.45) is 7.61. The maximum absolute atomic E-state index is 10.0. The summed E-state index contributed by atoms with van der Waals surface area (Å²) in [6.45, 7) is 5.20. The van der Waals surface area contributed by atoms with E-state index in [-0.39, 0.29) is 0 Å². The molecule has 0 aromatic carbocycles. The fourth-order valence-electron chi connectivity index (χ4n) is 2.47. The Morgan fingerprint density at radius 1 is 1.24 bits per heavy atom. The van der Waals surface area contributed by atoms with E-state index in [2.05, 4.69) is 12.2 Å². The van der Waals surface area contributed by atoms with Gasteiger partial charge in [0.15, 0.2) is 0 Å². The first-order chi connectivity index (χ1) is 10.2. The van der Waals surface area contributed by atoms with Crippen molar-refractivity contribution in [3.63, 3.8) is 0 Å². The van der Waals surface area contributed by atoms with Crippen LogP contribution in [0.5, 0.6) is 0 Å². The molecule has 0 amide bonds. The number of unbranched alkanes of at least 4 members (excludes halogenated alkanes) is 5. The Morgan fingerprint density at radius 2 is 2.00 bits per heavy atom. The van der Waals surface area contributed by atoms with E-state index >= 15 is 0 Å². The third-order valence-corrected chi connectivity index (χ3v) is 3.87. The Labute approximate surface area is 129 Å². The second-order valence-corrected chi connectivity index (χ2v) is 6.15. The fourth-order valence-corrected chi connectivity index (χ4v) is 2.47. The first-order valence-corrected chi connectivity index (χ1v) is 8.43. The molecular formula is C16H33NO4. The number of aliphatic hydroxyl groups is 2. The van der Waals surface area contributed by atoms with E-state index in [1.54, 1.807) is 0 Å². The van der Waals surface area contributed by atoms with Crippen molar-refractivity contribution in [1.29, 1.82) is 0 Å². The molecule has 1 aliphatic heterocycles. The zero-order valence-electron chi connectivity index (χ0n) is 13.5. The summed E-state index contributed by atoms with van der Waals surface area (Å²) in [4.78, 5) is 0. The van der Waals surface area contributed by atoms with E-state index in [1.807, 2.05) is 0 Å². The summed E-state index contributed by atoms with van der Waals surface area (Å²) < 4.78 is 10.6. The predicted octanol–water partition coefficient (Wildman–Crippen LogP) is 1.47. The van der Waals surface area contributed by atoms with E-state index in [9.17, 15) is 10.2 Å². The minimum Gasteiger partial charge on any atom is -0.389 e. The molecule has 0 aliphatic carbocycles. The van der Waals surface area contributed by atoms with E-state index in [4.69, 9.17) is 9.47 Å². The molecule has 1 fully saturated rings. The Hall–Kier alpha value is -0.200. The van der Waals surface area contributed by atoms with Gasteiger partial charge in [-0.2, -0.15) is 0 Å². The molecule has 0 aromatic rings. The minimum absolute atomic E-state index is 0.358. The van der Waals surface area contributed by atoms with Gasteiger partial charge in [0.1, 0.15) is 5.60 Å². The summed E-state index contributed by atoms with van der Waals surface area (Å²) in [7, 11) is 0. The molecule has 1 heterocycles. The van der Waals surface area contributed by atoms with Crippen LogP contribution in [0.2, 0.25) is 0 Å². The molecule has 0 aromatic heterocycles. The van der Waals surface area contributed by atoms with Gasteiger partial charge in [-0.1, -0.05) is 39.0 Å². The molecule has 5 heteroatoms. The lowest BCUT2D eigenvalue weighted by atomic mass is 10.0. The first kappa shape index (κ1) is 18.8. The Morgan fingerprint density at radius 3 is 2.71 bits per heavy atom. The molecule has 1 rings (SSSR count). The average molecular weight is 303 g/mol. The maximum Gasteiger partial charge on any atom is 0.102 e. The largest absolute Gasteiger partial charge is 0.389 e. The normalized spacial score (nSPS) is 23.6. The SMILES string of the molecule is CCCCCCCCOCC(O)CNCC1(O)CCOC1. The van der Waals surface area contributed by atoms with Gasteiger partial charge in [-0.3, -0.25) is 0 Å². The Balaban J connectivity index is 1.86. The Kier molecular flexibility index (Phi) is 10.2. The molecule has 0 spiro atoms.